The van der Waals surface area contributed by atoms with Crippen LogP contribution in [0.1, 0.15) is 11.5 Å². The average Bonchev–Trinajstić information content (AvgIpc) is 3.04. The van der Waals surface area contributed by atoms with Gasteiger partial charge in [0.05, 0.1) is 0 Å². The number of benzene rings is 3. The number of hydrogen-bond donors (Lipinski definition) is 0. The van der Waals surface area contributed by atoms with E-state index in [2.05, 4.69) is 29.0 Å². The topological polar surface area (TPSA) is 26.0 Å². The van der Waals surface area contributed by atoms with Gasteiger partial charge in [-0.1, -0.05) is 60.5 Å². The highest BCUT2D eigenvalue weighted by atomic mass is 16.3. The van der Waals surface area contributed by atoms with E-state index in [1.807, 2.05) is 66.7 Å². The summed E-state index contributed by atoms with van der Waals surface area (Å²) in [4.78, 5) is 4.47. The number of fused-ring (bicyclic) bond motifs is 1. The van der Waals surface area contributed by atoms with Gasteiger partial charge < -0.3 is 4.42 Å². The third-order valence-corrected chi connectivity index (χ3v) is 3.58. The molecule has 4 aromatic rings. The quantitative estimate of drug-likeness (QED) is 0.467. The number of hydrogen-bond acceptors (Lipinski definition) is 2. The molecule has 0 bridgehead atoms. The van der Waals surface area contributed by atoms with E-state index in [4.69, 9.17) is 4.42 Å². The Labute approximate surface area is 134 Å². The van der Waals surface area contributed by atoms with Crippen LogP contribution >= 0.6 is 0 Å². The van der Waals surface area contributed by atoms with E-state index in [0.717, 1.165) is 27.8 Å². The molecule has 0 radical (unpaired) electrons. The van der Waals surface area contributed by atoms with Crippen LogP contribution in [-0.2, 0) is 0 Å². The van der Waals surface area contributed by atoms with E-state index in [1.165, 1.54) is 0 Å². The fourth-order valence-corrected chi connectivity index (χ4v) is 2.44. The van der Waals surface area contributed by atoms with Gasteiger partial charge in [0.25, 0.3) is 5.89 Å². The minimum atomic E-state index is 0.439. The maximum Gasteiger partial charge on any atom is 0.274 e. The molecule has 0 aliphatic heterocycles. The predicted molar refractivity (Wildman–Crippen MR) is 91.9 cm³/mol. The molecule has 0 N–H and O–H groups in total. The van der Waals surface area contributed by atoms with E-state index in [9.17, 15) is 0 Å². The second kappa shape index (κ2) is 5.82. The maximum atomic E-state index is 5.70. The van der Waals surface area contributed by atoms with Crippen LogP contribution in [0, 0.1) is 11.8 Å². The van der Waals surface area contributed by atoms with Crippen molar-refractivity contribution in [3.8, 4) is 23.0 Å². The Bertz CT molecular complexity index is 1010. The van der Waals surface area contributed by atoms with Crippen molar-refractivity contribution >= 4 is 11.1 Å². The predicted octanol–water partition coefficient (Wildman–Crippen LogP) is 4.89. The van der Waals surface area contributed by atoms with Gasteiger partial charge in [-0.05, 0) is 41.3 Å². The molecule has 1 heterocycles. The van der Waals surface area contributed by atoms with Crippen LogP contribution in [0.25, 0.3) is 22.2 Å². The standard InChI is InChI=1S/C21H13NO/c1-3-7-16(8-4-1)11-14-21-22-19-15-18(12-13-20(19)23-21)17-9-5-2-6-10-17/h1-10,12-13,15H. The van der Waals surface area contributed by atoms with Gasteiger partial charge in [-0.15, -0.1) is 0 Å². The number of oxazole rings is 1. The Kier molecular flexibility index (Phi) is 3.38. The van der Waals surface area contributed by atoms with E-state index >= 15 is 0 Å². The molecule has 0 aliphatic rings. The van der Waals surface area contributed by atoms with Crippen LogP contribution in [0.4, 0.5) is 0 Å². The largest absolute Gasteiger partial charge is 0.430 e. The summed E-state index contributed by atoms with van der Waals surface area (Å²) in [6.07, 6.45) is 0. The fourth-order valence-electron chi connectivity index (χ4n) is 2.44. The zero-order valence-electron chi connectivity index (χ0n) is 12.4. The molecule has 2 heteroatoms. The molecule has 4 rings (SSSR count). The van der Waals surface area contributed by atoms with Crippen LogP contribution in [0.3, 0.4) is 0 Å². The summed E-state index contributed by atoms with van der Waals surface area (Å²) in [5.41, 5.74) is 4.80. The van der Waals surface area contributed by atoms with Gasteiger partial charge >= 0.3 is 0 Å². The lowest BCUT2D eigenvalue weighted by molar-refractivity contribution is 0.586. The highest BCUT2D eigenvalue weighted by Gasteiger charge is 2.05. The van der Waals surface area contributed by atoms with Gasteiger partial charge in [-0.3, -0.25) is 0 Å². The first kappa shape index (κ1) is 13.4. The van der Waals surface area contributed by atoms with Crippen molar-refractivity contribution in [3.63, 3.8) is 0 Å². The Morgan fingerprint density at radius 1 is 0.696 bits per heavy atom. The van der Waals surface area contributed by atoms with Crippen LogP contribution in [0.15, 0.2) is 83.3 Å². The molecular formula is C21H13NO. The van der Waals surface area contributed by atoms with Gasteiger partial charge in [0.15, 0.2) is 5.58 Å². The van der Waals surface area contributed by atoms with Crippen LogP contribution < -0.4 is 0 Å². The van der Waals surface area contributed by atoms with Gasteiger partial charge in [0.2, 0.25) is 0 Å². The van der Waals surface area contributed by atoms with Gasteiger partial charge in [-0.2, -0.15) is 0 Å². The van der Waals surface area contributed by atoms with Gasteiger partial charge in [-0.25, -0.2) is 4.98 Å². The van der Waals surface area contributed by atoms with Crippen molar-refractivity contribution in [2.75, 3.05) is 0 Å². The van der Waals surface area contributed by atoms with E-state index in [-0.39, 0.29) is 0 Å². The zero-order valence-corrected chi connectivity index (χ0v) is 12.4. The first-order chi connectivity index (χ1) is 11.4. The maximum absolute atomic E-state index is 5.70. The van der Waals surface area contributed by atoms with Crippen molar-refractivity contribution in [3.05, 3.63) is 90.3 Å². The lowest BCUT2D eigenvalue weighted by Gasteiger charge is -1.99. The molecule has 0 aliphatic carbocycles. The zero-order chi connectivity index (χ0) is 15.5. The van der Waals surface area contributed by atoms with Crippen molar-refractivity contribution in [1.82, 2.24) is 4.98 Å². The number of rotatable bonds is 1. The number of aromatic nitrogens is 1. The van der Waals surface area contributed by atoms with Crippen LogP contribution in [-0.4, -0.2) is 4.98 Å². The van der Waals surface area contributed by atoms with Crippen molar-refractivity contribution in [2.24, 2.45) is 0 Å². The molecule has 0 fully saturated rings. The fraction of sp³-hybridized carbons (Fsp3) is 0. The molecular weight excluding hydrogens is 282 g/mol. The highest BCUT2D eigenvalue weighted by Crippen LogP contribution is 2.24. The van der Waals surface area contributed by atoms with Crippen LogP contribution in [0.2, 0.25) is 0 Å². The molecule has 0 amide bonds. The van der Waals surface area contributed by atoms with Crippen molar-refractivity contribution in [1.29, 1.82) is 0 Å². The molecule has 3 aromatic carbocycles. The molecule has 23 heavy (non-hydrogen) atoms. The Morgan fingerprint density at radius 2 is 1.43 bits per heavy atom. The summed E-state index contributed by atoms with van der Waals surface area (Å²) in [6.45, 7) is 0. The molecule has 0 saturated heterocycles. The molecule has 0 atom stereocenters. The summed E-state index contributed by atoms with van der Waals surface area (Å²) >= 11 is 0. The average molecular weight is 295 g/mol. The smallest absolute Gasteiger partial charge is 0.274 e. The Morgan fingerprint density at radius 3 is 2.22 bits per heavy atom. The number of nitrogens with zero attached hydrogens (tertiary/aromatic N) is 1. The first-order valence-corrected chi connectivity index (χ1v) is 7.41. The second-order valence-electron chi connectivity index (χ2n) is 5.18. The van der Waals surface area contributed by atoms with Crippen molar-refractivity contribution in [2.45, 2.75) is 0 Å². The summed E-state index contributed by atoms with van der Waals surface area (Å²) in [5, 5.41) is 0. The van der Waals surface area contributed by atoms with E-state index in [0.29, 0.717) is 5.89 Å². The normalized spacial score (nSPS) is 10.3. The van der Waals surface area contributed by atoms with E-state index < -0.39 is 0 Å². The van der Waals surface area contributed by atoms with E-state index in [1.54, 1.807) is 0 Å². The molecule has 108 valence electrons. The molecule has 0 saturated carbocycles. The first-order valence-electron chi connectivity index (χ1n) is 7.41. The molecule has 2 nitrogen and oxygen atoms in total. The molecule has 1 aromatic heterocycles. The summed E-state index contributed by atoms with van der Waals surface area (Å²) in [5.74, 6) is 6.48. The SMILES string of the molecule is C(#Cc1nc2cc(-c3ccccc3)ccc2o1)c1ccccc1. The van der Waals surface area contributed by atoms with Gasteiger partial charge in [0.1, 0.15) is 5.52 Å². The summed E-state index contributed by atoms with van der Waals surface area (Å²) < 4.78 is 5.70. The molecule has 0 unspecified atom stereocenters. The summed E-state index contributed by atoms with van der Waals surface area (Å²) in [7, 11) is 0. The Hall–Kier alpha value is -3.31. The van der Waals surface area contributed by atoms with Crippen LogP contribution in [0.5, 0.6) is 0 Å². The highest BCUT2D eigenvalue weighted by molar-refractivity contribution is 5.80. The Balaban J connectivity index is 1.70. The minimum absolute atomic E-state index is 0.439. The lowest BCUT2D eigenvalue weighted by Crippen LogP contribution is -1.77. The third kappa shape index (κ3) is 2.86. The second-order valence-corrected chi connectivity index (χ2v) is 5.18. The minimum Gasteiger partial charge on any atom is -0.430 e. The summed E-state index contributed by atoms with van der Waals surface area (Å²) in [6, 6.07) is 26.0. The monoisotopic (exact) mass is 295 g/mol. The molecule has 0 spiro atoms. The lowest BCUT2D eigenvalue weighted by atomic mass is 10.1. The third-order valence-electron chi connectivity index (χ3n) is 3.58. The van der Waals surface area contributed by atoms with Gasteiger partial charge in [0, 0.05) is 5.56 Å². The van der Waals surface area contributed by atoms with Crippen molar-refractivity contribution < 1.29 is 4.42 Å².